The Kier molecular flexibility index (Phi) is 9.10. The molecule has 3 aromatic rings. The van der Waals surface area contributed by atoms with E-state index in [9.17, 15) is 31.2 Å². The fourth-order valence-electron chi connectivity index (χ4n) is 4.23. The lowest BCUT2D eigenvalue weighted by Crippen LogP contribution is -2.61. The molecule has 41 heavy (non-hydrogen) atoms. The van der Waals surface area contributed by atoms with Crippen LogP contribution in [0, 0.1) is 0 Å². The van der Waals surface area contributed by atoms with Gasteiger partial charge in [0, 0.05) is 36.9 Å². The topological polar surface area (TPSA) is 108 Å². The quantitative estimate of drug-likeness (QED) is 0.407. The zero-order valence-corrected chi connectivity index (χ0v) is 23.3. The van der Waals surface area contributed by atoms with Crippen molar-refractivity contribution in [3.8, 4) is 5.75 Å². The maximum Gasteiger partial charge on any atom is 0.416 e. The second kappa shape index (κ2) is 12.4. The molecule has 0 radical (unpaired) electrons. The van der Waals surface area contributed by atoms with Crippen LogP contribution in [0.15, 0.2) is 77.7 Å². The standard InChI is InChI=1S/C27H26ClF3N4O5S/c1-40-22-4-2-3-18(15-22)16-32-25(36)24-17-34(26(37)33-21-9-5-19(6-10-21)27(29,30)31)13-14-35(24)41(38,39)23-11-7-20(28)8-12-23/h2-12,15,24H,13-14,16-17H2,1H3,(H,32,36)(H,33,37). The number of halogens is 4. The number of urea groups is 1. The van der Waals surface area contributed by atoms with Crippen LogP contribution in [-0.4, -0.2) is 62.3 Å². The number of carbonyl (C=O) groups is 2. The summed E-state index contributed by atoms with van der Waals surface area (Å²) in [4.78, 5) is 27.6. The molecule has 4 rings (SSSR count). The number of amides is 3. The SMILES string of the molecule is COc1cccc(CNC(=O)C2CN(C(=O)Nc3ccc(C(F)(F)F)cc3)CCN2S(=O)(=O)c2ccc(Cl)cc2)c1. The number of carbonyl (C=O) groups excluding carboxylic acids is 2. The average Bonchev–Trinajstić information content (AvgIpc) is 2.95. The lowest BCUT2D eigenvalue weighted by Gasteiger charge is -2.39. The molecule has 3 amide bonds. The maximum absolute atomic E-state index is 13.5. The molecule has 1 saturated heterocycles. The van der Waals surface area contributed by atoms with Gasteiger partial charge in [-0.25, -0.2) is 13.2 Å². The van der Waals surface area contributed by atoms with E-state index in [0.29, 0.717) is 16.3 Å². The number of hydrogen-bond acceptors (Lipinski definition) is 5. The number of nitrogens with one attached hydrogen (secondary N) is 2. The number of ether oxygens (including phenoxy) is 1. The Morgan fingerprint density at radius 2 is 1.71 bits per heavy atom. The third kappa shape index (κ3) is 7.29. The van der Waals surface area contributed by atoms with Gasteiger partial charge in [-0.15, -0.1) is 0 Å². The molecule has 1 aliphatic heterocycles. The third-order valence-corrected chi connectivity index (χ3v) is 8.58. The van der Waals surface area contributed by atoms with Gasteiger partial charge < -0.3 is 20.3 Å². The fourth-order valence-corrected chi connectivity index (χ4v) is 5.92. The monoisotopic (exact) mass is 610 g/mol. The van der Waals surface area contributed by atoms with Crippen LogP contribution in [-0.2, 0) is 27.5 Å². The number of alkyl halides is 3. The average molecular weight is 611 g/mol. The Morgan fingerprint density at radius 1 is 1.02 bits per heavy atom. The largest absolute Gasteiger partial charge is 0.497 e. The van der Waals surface area contributed by atoms with Crippen molar-refractivity contribution in [3.63, 3.8) is 0 Å². The van der Waals surface area contributed by atoms with Crippen molar-refractivity contribution in [3.05, 3.63) is 88.9 Å². The van der Waals surface area contributed by atoms with Crippen molar-refractivity contribution in [2.24, 2.45) is 0 Å². The Balaban J connectivity index is 1.54. The summed E-state index contributed by atoms with van der Waals surface area (Å²) in [5, 5.41) is 5.56. The van der Waals surface area contributed by atoms with Crippen molar-refractivity contribution in [1.29, 1.82) is 0 Å². The van der Waals surface area contributed by atoms with E-state index in [0.717, 1.165) is 28.6 Å². The molecule has 0 spiro atoms. The second-order valence-corrected chi connectivity index (χ2v) is 11.4. The number of rotatable bonds is 7. The Morgan fingerprint density at radius 3 is 2.34 bits per heavy atom. The van der Waals surface area contributed by atoms with Crippen LogP contribution in [0.3, 0.4) is 0 Å². The minimum atomic E-state index is -4.53. The smallest absolute Gasteiger partial charge is 0.416 e. The summed E-state index contributed by atoms with van der Waals surface area (Å²) in [5.41, 5.74) is -0.0555. The van der Waals surface area contributed by atoms with Crippen LogP contribution >= 0.6 is 11.6 Å². The molecule has 0 bridgehead atoms. The molecule has 218 valence electrons. The molecule has 1 atom stereocenters. The van der Waals surface area contributed by atoms with Crippen molar-refractivity contribution >= 4 is 39.2 Å². The predicted octanol–water partition coefficient (Wildman–Crippen LogP) is 4.59. The van der Waals surface area contributed by atoms with E-state index in [2.05, 4.69) is 10.6 Å². The number of hydrogen-bond donors (Lipinski definition) is 2. The van der Waals surface area contributed by atoms with Crippen LogP contribution < -0.4 is 15.4 Å². The first-order valence-corrected chi connectivity index (χ1v) is 14.1. The number of nitrogens with zero attached hydrogens (tertiary/aromatic N) is 2. The number of benzene rings is 3. The van der Waals surface area contributed by atoms with Gasteiger partial charge in [0.05, 0.1) is 17.6 Å². The Labute approximate surface area is 239 Å². The van der Waals surface area contributed by atoms with Gasteiger partial charge in [-0.3, -0.25) is 4.79 Å². The molecular weight excluding hydrogens is 585 g/mol. The molecule has 14 heteroatoms. The summed E-state index contributed by atoms with van der Waals surface area (Å²) in [6.45, 7) is -0.510. The lowest BCUT2D eigenvalue weighted by atomic mass is 10.1. The lowest BCUT2D eigenvalue weighted by molar-refractivity contribution is -0.137. The summed E-state index contributed by atoms with van der Waals surface area (Å²) in [6, 6.07) is 14.3. The summed E-state index contributed by atoms with van der Waals surface area (Å²) in [5.74, 6) is -0.0649. The highest BCUT2D eigenvalue weighted by Crippen LogP contribution is 2.30. The highest BCUT2D eigenvalue weighted by atomic mass is 35.5. The van der Waals surface area contributed by atoms with Gasteiger partial charge in [-0.2, -0.15) is 17.5 Å². The Hall–Kier alpha value is -3.81. The zero-order valence-electron chi connectivity index (χ0n) is 21.7. The van der Waals surface area contributed by atoms with E-state index in [1.165, 1.54) is 36.3 Å². The van der Waals surface area contributed by atoms with E-state index < -0.39 is 39.7 Å². The first kappa shape index (κ1) is 30.2. The predicted molar refractivity (Wildman–Crippen MR) is 146 cm³/mol. The van der Waals surface area contributed by atoms with Gasteiger partial charge in [0.15, 0.2) is 0 Å². The third-order valence-electron chi connectivity index (χ3n) is 6.41. The minimum Gasteiger partial charge on any atom is -0.497 e. The summed E-state index contributed by atoms with van der Waals surface area (Å²) in [7, 11) is -2.66. The molecule has 1 aliphatic rings. The van der Waals surface area contributed by atoms with Crippen molar-refractivity contribution < 1.29 is 35.9 Å². The van der Waals surface area contributed by atoms with Crippen molar-refractivity contribution in [2.45, 2.75) is 23.7 Å². The first-order valence-electron chi connectivity index (χ1n) is 12.3. The summed E-state index contributed by atoms with van der Waals surface area (Å²) in [6.07, 6.45) is -4.53. The molecule has 1 fully saturated rings. The van der Waals surface area contributed by atoms with Gasteiger partial charge in [0.2, 0.25) is 15.9 Å². The molecule has 3 aromatic carbocycles. The van der Waals surface area contributed by atoms with Gasteiger partial charge in [-0.1, -0.05) is 23.7 Å². The maximum atomic E-state index is 13.5. The molecule has 0 aliphatic carbocycles. The van der Waals surface area contributed by atoms with E-state index >= 15 is 0 Å². The van der Waals surface area contributed by atoms with Crippen LogP contribution in [0.1, 0.15) is 11.1 Å². The molecule has 0 saturated carbocycles. The molecule has 1 unspecified atom stereocenters. The van der Waals surface area contributed by atoms with Gasteiger partial charge in [0.25, 0.3) is 0 Å². The van der Waals surface area contributed by atoms with Crippen LogP contribution in [0.4, 0.5) is 23.7 Å². The zero-order chi connectivity index (χ0) is 29.8. The number of anilines is 1. The first-order chi connectivity index (χ1) is 19.4. The van der Waals surface area contributed by atoms with Gasteiger partial charge in [-0.05, 0) is 66.2 Å². The van der Waals surface area contributed by atoms with Crippen LogP contribution in [0.2, 0.25) is 5.02 Å². The number of piperazine rings is 1. The fraction of sp³-hybridized carbons (Fsp3) is 0.259. The second-order valence-electron chi connectivity index (χ2n) is 9.11. The molecule has 1 heterocycles. The summed E-state index contributed by atoms with van der Waals surface area (Å²) >= 11 is 5.91. The Bertz CT molecular complexity index is 1500. The van der Waals surface area contributed by atoms with Crippen molar-refractivity contribution in [2.75, 3.05) is 32.1 Å². The van der Waals surface area contributed by atoms with Gasteiger partial charge >= 0.3 is 12.2 Å². The number of methoxy groups -OCH3 is 1. The van der Waals surface area contributed by atoms with Crippen LogP contribution in [0.5, 0.6) is 5.75 Å². The van der Waals surface area contributed by atoms with E-state index in [-0.39, 0.29) is 36.8 Å². The minimum absolute atomic E-state index is 0.0686. The normalized spacial score (nSPS) is 16.2. The van der Waals surface area contributed by atoms with Crippen LogP contribution in [0.25, 0.3) is 0 Å². The van der Waals surface area contributed by atoms with E-state index in [1.54, 1.807) is 24.3 Å². The van der Waals surface area contributed by atoms with Crippen molar-refractivity contribution in [1.82, 2.24) is 14.5 Å². The molecule has 2 N–H and O–H groups in total. The number of sulfonamides is 1. The highest BCUT2D eigenvalue weighted by molar-refractivity contribution is 7.89. The molecular formula is C27H26ClF3N4O5S. The summed E-state index contributed by atoms with van der Waals surface area (Å²) < 4.78 is 71.9. The van der Waals surface area contributed by atoms with E-state index in [1.807, 2.05) is 0 Å². The highest BCUT2D eigenvalue weighted by Gasteiger charge is 2.41. The molecule has 0 aromatic heterocycles. The van der Waals surface area contributed by atoms with E-state index in [4.69, 9.17) is 16.3 Å². The van der Waals surface area contributed by atoms with Gasteiger partial charge in [0.1, 0.15) is 11.8 Å². The molecule has 9 nitrogen and oxygen atoms in total.